The molecule has 0 spiro atoms. The molecular weight excluding hydrogens is 1160 g/mol. The molecule has 0 radical (unpaired) electrons. The summed E-state index contributed by atoms with van der Waals surface area (Å²) in [5.74, 6) is 0.177. The summed E-state index contributed by atoms with van der Waals surface area (Å²) >= 11 is 0. The number of hydrogen-bond donors (Lipinski definition) is 0. The van der Waals surface area contributed by atoms with Crippen molar-refractivity contribution in [2.75, 3.05) is 72.0 Å². The molecule has 9 aliphatic rings. The minimum absolute atomic E-state index is 0.0443. The van der Waals surface area contributed by atoms with Crippen LogP contribution in [-0.2, 0) is 52.1 Å². The number of carbonyl (C=O) groups excluding carboxylic acids is 4. The number of nitrogens with zero attached hydrogens (tertiary/aromatic N) is 6. The highest BCUT2D eigenvalue weighted by molar-refractivity contribution is 7.89. The van der Waals surface area contributed by atoms with Gasteiger partial charge in [0.2, 0.25) is 43.7 Å². The van der Waals surface area contributed by atoms with Crippen LogP contribution in [0.15, 0.2) is 168 Å². The smallest absolute Gasteiger partial charge is 0.243 e. The van der Waals surface area contributed by atoms with Crippen molar-refractivity contribution in [1.29, 1.82) is 0 Å². The number of anilines is 4. The average Bonchev–Trinajstić information content (AvgIpc) is 2.63. The Labute approximate surface area is 536 Å². The van der Waals surface area contributed by atoms with Gasteiger partial charge in [-0.3, -0.25) is 19.2 Å². The summed E-state index contributed by atoms with van der Waals surface area (Å²) in [6, 6.07) is 50.2. The summed E-state index contributed by atoms with van der Waals surface area (Å²) in [6.07, 6.45) is 17.3. The number of amides is 4. The maximum atomic E-state index is 14.3. The van der Waals surface area contributed by atoms with E-state index >= 15 is 0 Å². The van der Waals surface area contributed by atoms with Crippen molar-refractivity contribution >= 4 is 66.4 Å². The van der Waals surface area contributed by atoms with E-state index in [1.54, 1.807) is 57.1 Å². The Kier molecular flexibility index (Phi) is 25.8. The van der Waals surface area contributed by atoms with Crippen LogP contribution in [0.5, 0.6) is 0 Å². The van der Waals surface area contributed by atoms with Gasteiger partial charge in [-0.15, -0.1) is 0 Å². The zero-order valence-electron chi connectivity index (χ0n) is 52.8. The van der Waals surface area contributed by atoms with E-state index in [9.17, 15) is 36.0 Å². The van der Waals surface area contributed by atoms with E-state index in [1.165, 1.54) is 0 Å². The van der Waals surface area contributed by atoms with E-state index in [0.717, 1.165) is 96.4 Å². The van der Waals surface area contributed by atoms with Crippen LogP contribution < -0.4 is 19.6 Å². The van der Waals surface area contributed by atoms with Gasteiger partial charge in [0, 0.05) is 101 Å². The second kappa shape index (κ2) is 34.4. The van der Waals surface area contributed by atoms with E-state index in [2.05, 4.69) is 48.5 Å². The fourth-order valence-corrected chi connectivity index (χ4v) is 15.8. The normalized spacial score (nSPS) is 19.0. The monoisotopic (exact) mass is 1260 g/mol. The molecule has 90 heavy (non-hydrogen) atoms. The molecule has 2 saturated heterocycles. The van der Waals surface area contributed by atoms with Crippen LogP contribution in [0.3, 0.4) is 0 Å². The third-order valence-corrected chi connectivity index (χ3v) is 21.8. The molecule has 14 nitrogen and oxygen atoms in total. The van der Waals surface area contributed by atoms with Gasteiger partial charge in [0.1, 0.15) is 0 Å². The lowest BCUT2D eigenvalue weighted by molar-refractivity contribution is -0.119. The highest BCUT2D eigenvalue weighted by Crippen LogP contribution is 2.28. The fourth-order valence-electron chi connectivity index (χ4n) is 12.7. The van der Waals surface area contributed by atoms with Gasteiger partial charge in [-0.2, -0.15) is 8.61 Å². The molecule has 9 aliphatic heterocycles. The molecule has 480 valence electrons. The van der Waals surface area contributed by atoms with Crippen LogP contribution in [0.1, 0.15) is 176 Å². The third kappa shape index (κ3) is 19.5. The highest BCUT2D eigenvalue weighted by atomic mass is 32.2. The number of sulfonamides is 2. The van der Waals surface area contributed by atoms with Crippen LogP contribution in [-0.4, -0.2) is 101 Å². The Morgan fingerprint density at radius 3 is 0.678 bits per heavy atom. The first kappa shape index (κ1) is 67.4. The minimum atomic E-state index is -3.76. The Bertz CT molecular complexity index is 3050. The van der Waals surface area contributed by atoms with Crippen LogP contribution in [0.4, 0.5) is 22.7 Å². The highest BCUT2D eigenvalue weighted by Gasteiger charge is 2.27. The number of benzene rings is 6. The lowest BCUT2D eigenvalue weighted by Gasteiger charge is -2.25. The molecule has 16 heteroatoms. The van der Waals surface area contributed by atoms with Gasteiger partial charge in [-0.25, -0.2) is 16.8 Å². The summed E-state index contributed by atoms with van der Waals surface area (Å²) in [6.45, 7) is 3.60. The maximum absolute atomic E-state index is 14.3. The first-order valence-electron chi connectivity index (χ1n) is 33.5. The van der Waals surface area contributed by atoms with Crippen molar-refractivity contribution < 1.29 is 36.0 Å². The summed E-state index contributed by atoms with van der Waals surface area (Å²) < 4.78 is 59.3. The Morgan fingerprint density at radius 1 is 0.233 bits per heavy atom. The number of carbonyl (C=O) groups is 4. The molecule has 0 saturated carbocycles. The lowest BCUT2D eigenvalue weighted by atomic mass is 10.0. The molecule has 4 amide bonds. The first-order valence-corrected chi connectivity index (χ1v) is 36.4. The average molecular weight is 1260 g/mol. The number of rotatable bonds is 4. The lowest BCUT2D eigenvalue weighted by Crippen LogP contribution is -2.33. The molecule has 0 aromatic heterocycles. The minimum Gasteiger partial charge on any atom is -0.312 e. The van der Waals surface area contributed by atoms with Gasteiger partial charge in [0.05, 0.1) is 9.79 Å². The Balaban J connectivity index is 0.992. The van der Waals surface area contributed by atoms with Crippen molar-refractivity contribution in [3.63, 3.8) is 0 Å². The van der Waals surface area contributed by atoms with Gasteiger partial charge in [-0.1, -0.05) is 136 Å². The van der Waals surface area contributed by atoms with Crippen molar-refractivity contribution in [2.24, 2.45) is 0 Å². The molecule has 0 aliphatic carbocycles. The molecule has 0 unspecified atom stereocenters. The van der Waals surface area contributed by atoms with Gasteiger partial charge < -0.3 is 19.6 Å². The van der Waals surface area contributed by atoms with E-state index in [-0.39, 0.29) is 33.4 Å². The largest absolute Gasteiger partial charge is 0.312 e. The van der Waals surface area contributed by atoms with E-state index < -0.39 is 20.0 Å². The van der Waals surface area contributed by atoms with Crippen molar-refractivity contribution in [2.45, 2.75) is 177 Å². The maximum Gasteiger partial charge on any atom is 0.243 e. The SMILES string of the molecule is O=C1CCCCCN(S(=O)(=O)c2ccccc2)CCCCCC(=O)N2CCCCCCN1c1ccc(cc1)Cc1ccc(cc1)N1CCCCCCN(C(=O)CCCCCN(S(=O)(=O)c3ccccc3)CCCCCC1=O)c1ccc(cc1)Cc1ccc2cc1. The van der Waals surface area contributed by atoms with E-state index in [4.69, 9.17) is 0 Å². The van der Waals surface area contributed by atoms with Gasteiger partial charge in [0.15, 0.2) is 0 Å². The fraction of sp³-hybridized carbons (Fsp3) is 0.459. The zero-order valence-corrected chi connectivity index (χ0v) is 54.5. The predicted molar refractivity (Wildman–Crippen MR) is 362 cm³/mol. The van der Waals surface area contributed by atoms with Crippen LogP contribution >= 0.6 is 0 Å². The summed E-state index contributed by atoms with van der Waals surface area (Å²) in [4.78, 5) is 65.4. The second-order valence-electron chi connectivity index (χ2n) is 24.7. The van der Waals surface area contributed by atoms with Crippen LogP contribution in [0.25, 0.3) is 0 Å². The predicted octanol–water partition coefficient (Wildman–Crippen LogP) is 14.7. The molecule has 15 rings (SSSR count). The Morgan fingerprint density at radius 2 is 0.444 bits per heavy atom. The first-order chi connectivity index (χ1) is 43.8. The standard InChI is InChI=1S/C74H94N6O8S2/c81-71-31-15-7-19-51-75(89(85,86)69-27-11-5-12-28-69)52-20-8-16-32-72(82)78-56-24-2-1-23-55-77(71)65-43-35-61(36-44-65)59-63-39-47-67(48-40-63)79-57-25-3-4-26-58-80(68-49-41-64(42-50-68)60-62-37-45-66(78)46-38-62)74(84)34-18-10-22-54-76(53-21-9-17-33-73(79)83)90(87,88)70-29-13-6-14-30-70/h5-6,11-14,27-30,35-50H,1-4,7-10,15-26,31-34,51-60H2. The Hall–Kier alpha value is -6.98. The third-order valence-electron chi connectivity index (χ3n) is 18.0. The van der Waals surface area contributed by atoms with Crippen LogP contribution in [0, 0.1) is 0 Å². The molecule has 0 N–H and O–H groups in total. The van der Waals surface area contributed by atoms with Gasteiger partial charge in [-0.05, 0) is 185 Å². The van der Waals surface area contributed by atoms with Gasteiger partial charge in [0.25, 0.3) is 0 Å². The van der Waals surface area contributed by atoms with Crippen molar-refractivity contribution in [3.05, 3.63) is 180 Å². The summed E-state index contributed by atoms with van der Waals surface area (Å²) in [7, 11) is -7.52. The van der Waals surface area contributed by atoms with Crippen molar-refractivity contribution in [1.82, 2.24) is 8.61 Å². The van der Waals surface area contributed by atoms with E-state index in [0.29, 0.717) is 168 Å². The quantitative estimate of drug-likeness (QED) is 0.169. The van der Waals surface area contributed by atoms with Crippen LogP contribution in [0.2, 0.25) is 0 Å². The molecular formula is C74H94N6O8S2. The molecule has 2 fully saturated rings. The summed E-state index contributed by atoms with van der Waals surface area (Å²) in [5.41, 5.74) is 7.71. The zero-order chi connectivity index (χ0) is 63.0. The second-order valence-corrected chi connectivity index (χ2v) is 28.6. The van der Waals surface area contributed by atoms with E-state index in [1.807, 2.05) is 80.3 Å². The molecule has 9 heterocycles. The molecule has 6 aromatic carbocycles. The summed E-state index contributed by atoms with van der Waals surface area (Å²) in [5, 5.41) is 0. The molecule has 0 atom stereocenters. The molecule has 6 aromatic rings. The van der Waals surface area contributed by atoms with Crippen molar-refractivity contribution in [3.8, 4) is 0 Å². The topological polar surface area (TPSA) is 156 Å². The molecule has 12 bridgehead atoms. The number of hydrogen-bond acceptors (Lipinski definition) is 8. The van der Waals surface area contributed by atoms with Gasteiger partial charge >= 0.3 is 0 Å².